The molecule has 0 radical (unpaired) electrons. The summed E-state index contributed by atoms with van der Waals surface area (Å²) >= 11 is 0. The molecular weight excluding hydrogens is 544 g/mol. The summed E-state index contributed by atoms with van der Waals surface area (Å²) in [6.07, 6.45) is 1.80. The highest BCUT2D eigenvalue weighted by Gasteiger charge is 2.32. The minimum absolute atomic E-state index is 0.0290. The number of piperidine rings is 1. The highest BCUT2D eigenvalue weighted by atomic mass is 16.6. The molecule has 4 rings (SSSR count). The number of aliphatic carboxylic acids is 1. The van der Waals surface area contributed by atoms with Crippen molar-refractivity contribution in [2.45, 2.75) is 51.1 Å². The van der Waals surface area contributed by atoms with Crippen LogP contribution in [0.5, 0.6) is 0 Å². The van der Waals surface area contributed by atoms with Crippen molar-refractivity contribution in [3.05, 3.63) is 42.1 Å². The van der Waals surface area contributed by atoms with Gasteiger partial charge in [-0.05, 0) is 32.6 Å². The van der Waals surface area contributed by atoms with E-state index in [9.17, 15) is 29.4 Å². The minimum Gasteiger partial charge on any atom is -0.481 e. The molecular formula is C29H38N6O7. The largest absolute Gasteiger partial charge is 0.481 e. The first-order valence-electron chi connectivity index (χ1n) is 14.4. The third kappa shape index (κ3) is 7.72. The highest BCUT2D eigenvalue weighted by molar-refractivity contribution is 5.97. The number of nitrogens with zero attached hydrogens (tertiary/aromatic N) is 5. The molecule has 2 aliphatic rings. The van der Waals surface area contributed by atoms with Crippen LogP contribution < -0.4 is 10.2 Å². The molecule has 1 aromatic heterocycles. The number of nitrogens with one attached hydrogen (secondary N) is 1. The predicted molar refractivity (Wildman–Crippen MR) is 153 cm³/mol. The summed E-state index contributed by atoms with van der Waals surface area (Å²) in [6.45, 7) is 3.56. The van der Waals surface area contributed by atoms with Gasteiger partial charge in [-0.2, -0.15) is 0 Å². The second kappa shape index (κ2) is 14.6. The fourth-order valence-corrected chi connectivity index (χ4v) is 5.21. The number of ether oxygens (including phenoxy) is 1. The Labute approximate surface area is 244 Å². The first-order chi connectivity index (χ1) is 20.3. The molecule has 0 bridgehead atoms. The molecule has 3 amide bonds. The molecule has 2 aliphatic heterocycles. The lowest BCUT2D eigenvalue weighted by molar-refractivity contribution is -0.138. The Morgan fingerprint density at radius 3 is 2.40 bits per heavy atom. The number of aliphatic hydroxyl groups excluding tert-OH is 1. The van der Waals surface area contributed by atoms with Gasteiger partial charge >= 0.3 is 12.1 Å². The Bertz CT molecular complexity index is 1250. The molecule has 1 aromatic carbocycles. The summed E-state index contributed by atoms with van der Waals surface area (Å²) in [6, 6.07) is 9.49. The molecule has 2 aromatic rings. The fourth-order valence-electron chi connectivity index (χ4n) is 5.21. The molecule has 2 saturated heterocycles. The van der Waals surface area contributed by atoms with Gasteiger partial charge in [0.2, 0.25) is 5.91 Å². The second-order valence-electron chi connectivity index (χ2n) is 10.3. The zero-order valence-electron chi connectivity index (χ0n) is 23.8. The van der Waals surface area contributed by atoms with Gasteiger partial charge in [0.1, 0.15) is 17.6 Å². The Morgan fingerprint density at radius 1 is 1.02 bits per heavy atom. The Balaban J connectivity index is 1.57. The maximum atomic E-state index is 13.6. The molecule has 0 spiro atoms. The number of carboxylic acid groups (broad SMARTS) is 1. The van der Waals surface area contributed by atoms with Gasteiger partial charge in [0.25, 0.3) is 5.91 Å². The topological polar surface area (TPSA) is 166 Å². The van der Waals surface area contributed by atoms with E-state index in [4.69, 9.17) is 9.72 Å². The molecule has 13 nitrogen and oxygen atoms in total. The van der Waals surface area contributed by atoms with Crippen molar-refractivity contribution < 1.29 is 34.1 Å². The number of hydrogen-bond acceptors (Lipinski definition) is 9. The lowest BCUT2D eigenvalue weighted by Gasteiger charge is -2.36. The van der Waals surface area contributed by atoms with E-state index in [1.54, 1.807) is 13.0 Å². The van der Waals surface area contributed by atoms with Gasteiger partial charge in [-0.25, -0.2) is 14.8 Å². The normalized spacial score (nSPS) is 17.9. The number of benzene rings is 1. The highest BCUT2D eigenvalue weighted by Crippen LogP contribution is 2.26. The van der Waals surface area contributed by atoms with E-state index in [0.29, 0.717) is 23.8 Å². The van der Waals surface area contributed by atoms with Crippen molar-refractivity contribution in [2.75, 3.05) is 50.8 Å². The van der Waals surface area contributed by atoms with E-state index in [-0.39, 0.29) is 64.0 Å². The predicted octanol–water partition coefficient (Wildman–Crippen LogP) is 1.76. The summed E-state index contributed by atoms with van der Waals surface area (Å²) < 4.78 is 5.03. The van der Waals surface area contributed by atoms with E-state index >= 15 is 0 Å². The molecule has 2 atom stereocenters. The van der Waals surface area contributed by atoms with E-state index < -0.39 is 29.9 Å². The summed E-state index contributed by atoms with van der Waals surface area (Å²) in [5.41, 5.74) is 0.727. The van der Waals surface area contributed by atoms with Crippen molar-refractivity contribution in [3.8, 4) is 11.4 Å². The van der Waals surface area contributed by atoms with Crippen LogP contribution >= 0.6 is 0 Å². The van der Waals surface area contributed by atoms with Gasteiger partial charge in [0, 0.05) is 50.8 Å². The molecule has 13 heteroatoms. The van der Waals surface area contributed by atoms with Crippen LogP contribution in [0.3, 0.4) is 0 Å². The van der Waals surface area contributed by atoms with Gasteiger partial charge in [-0.3, -0.25) is 14.4 Å². The first-order valence-corrected chi connectivity index (χ1v) is 14.4. The fraction of sp³-hybridized carbons (Fsp3) is 0.517. The molecule has 1 unspecified atom stereocenters. The number of rotatable bonds is 10. The zero-order valence-corrected chi connectivity index (χ0v) is 23.8. The van der Waals surface area contributed by atoms with Crippen LogP contribution in [-0.4, -0.2) is 112 Å². The number of carbonyl (C=O) groups excluding carboxylic acids is 3. The quantitative estimate of drug-likeness (QED) is 0.376. The number of anilines is 1. The van der Waals surface area contributed by atoms with Gasteiger partial charge in [-0.15, -0.1) is 0 Å². The smallest absolute Gasteiger partial charge is 0.409 e. The van der Waals surface area contributed by atoms with Crippen molar-refractivity contribution in [1.82, 2.24) is 25.1 Å². The standard InChI is InChI=1S/C29H38N6O7/c1-2-42-29(41)34-16-14-33(15-17-34)28(40)22(11-12-25(37)38)31-27(39)23-18-24(35-13-7-6-10-21(35)19-36)32-26(30-23)20-8-4-3-5-9-20/h3-5,8-9,18,21-22,36H,2,6-7,10-17,19H2,1H3,(H,31,39)(H,37,38)/t21-,22?/m0/s1. The van der Waals surface area contributed by atoms with Crippen LogP contribution in [0.25, 0.3) is 11.4 Å². The minimum atomic E-state index is -1.11. The van der Waals surface area contributed by atoms with Crippen LogP contribution in [0, 0.1) is 0 Å². The number of hydrogen-bond donors (Lipinski definition) is 3. The van der Waals surface area contributed by atoms with Crippen molar-refractivity contribution >= 4 is 29.7 Å². The third-order valence-corrected chi connectivity index (χ3v) is 7.48. The molecule has 3 heterocycles. The Morgan fingerprint density at radius 2 is 1.74 bits per heavy atom. The van der Waals surface area contributed by atoms with Crippen LogP contribution in [0.4, 0.5) is 10.6 Å². The van der Waals surface area contributed by atoms with Gasteiger partial charge < -0.3 is 35.0 Å². The molecule has 3 N–H and O–H groups in total. The molecule has 0 aliphatic carbocycles. The number of piperazine rings is 1. The summed E-state index contributed by atoms with van der Waals surface area (Å²) in [4.78, 5) is 64.7. The van der Waals surface area contributed by atoms with E-state index in [2.05, 4.69) is 10.3 Å². The van der Waals surface area contributed by atoms with Gasteiger partial charge in [-0.1, -0.05) is 30.3 Å². The van der Waals surface area contributed by atoms with Crippen LogP contribution in [0.2, 0.25) is 0 Å². The second-order valence-corrected chi connectivity index (χ2v) is 10.3. The number of carbonyl (C=O) groups is 4. The number of carboxylic acids is 1. The Kier molecular flexibility index (Phi) is 10.7. The maximum absolute atomic E-state index is 13.6. The monoisotopic (exact) mass is 582 g/mol. The molecule has 226 valence electrons. The van der Waals surface area contributed by atoms with Crippen molar-refractivity contribution in [3.63, 3.8) is 0 Å². The molecule has 42 heavy (non-hydrogen) atoms. The third-order valence-electron chi connectivity index (χ3n) is 7.48. The number of aliphatic hydroxyl groups is 1. The molecule has 2 fully saturated rings. The van der Waals surface area contributed by atoms with Gasteiger partial charge in [0.15, 0.2) is 5.82 Å². The zero-order chi connectivity index (χ0) is 30.1. The van der Waals surface area contributed by atoms with E-state index in [0.717, 1.165) is 19.3 Å². The lowest BCUT2D eigenvalue weighted by Crippen LogP contribution is -2.56. The summed E-state index contributed by atoms with van der Waals surface area (Å²) in [5.74, 6) is -1.34. The van der Waals surface area contributed by atoms with Crippen LogP contribution in [0.1, 0.15) is 49.5 Å². The van der Waals surface area contributed by atoms with Crippen molar-refractivity contribution in [2.24, 2.45) is 0 Å². The van der Waals surface area contributed by atoms with E-state index in [1.807, 2.05) is 35.2 Å². The van der Waals surface area contributed by atoms with Crippen LogP contribution in [0.15, 0.2) is 36.4 Å². The Hall–Kier alpha value is -4.26. The molecule has 0 saturated carbocycles. The number of aromatic nitrogens is 2. The average molecular weight is 583 g/mol. The first kappa shape index (κ1) is 30.7. The summed E-state index contributed by atoms with van der Waals surface area (Å²) in [5, 5.41) is 22.0. The lowest BCUT2D eigenvalue weighted by atomic mass is 10.0. The van der Waals surface area contributed by atoms with Gasteiger partial charge in [0.05, 0.1) is 19.3 Å². The average Bonchev–Trinajstić information content (AvgIpc) is 3.02. The SMILES string of the molecule is CCOC(=O)N1CCN(C(=O)C(CCC(=O)O)NC(=O)c2cc(N3CCCC[C@H]3CO)nc(-c3ccccc3)n2)CC1. The van der Waals surface area contributed by atoms with Crippen molar-refractivity contribution in [1.29, 1.82) is 0 Å². The maximum Gasteiger partial charge on any atom is 0.409 e. The van der Waals surface area contributed by atoms with Crippen LogP contribution in [-0.2, 0) is 14.3 Å². The summed E-state index contributed by atoms with van der Waals surface area (Å²) in [7, 11) is 0. The van der Waals surface area contributed by atoms with E-state index in [1.165, 1.54) is 9.80 Å². The number of amides is 3.